The fourth-order valence-electron chi connectivity index (χ4n) is 3.81. The van der Waals surface area contributed by atoms with Crippen molar-refractivity contribution in [1.29, 1.82) is 0 Å². The molecule has 1 aliphatic heterocycles. The third-order valence-electron chi connectivity index (χ3n) is 5.65. The summed E-state index contributed by atoms with van der Waals surface area (Å²) < 4.78 is 6.47. The van der Waals surface area contributed by atoms with Crippen LogP contribution in [-0.4, -0.2) is 53.9 Å². The Morgan fingerprint density at radius 1 is 0.935 bits per heavy atom. The van der Waals surface area contributed by atoms with E-state index in [0.29, 0.717) is 18.8 Å². The van der Waals surface area contributed by atoms with E-state index in [-0.39, 0.29) is 11.5 Å². The molecule has 1 aliphatic rings. The van der Waals surface area contributed by atoms with Gasteiger partial charge in [0.15, 0.2) is 0 Å². The predicted molar refractivity (Wildman–Crippen MR) is 120 cm³/mol. The van der Waals surface area contributed by atoms with Crippen LogP contribution in [0, 0.1) is 0 Å². The third-order valence-corrected chi connectivity index (χ3v) is 5.65. The van der Waals surface area contributed by atoms with Crippen LogP contribution in [0.4, 0.5) is 5.69 Å². The van der Waals surface area contributed by atoms with E-state index in [1.165, 1.54) is 10.7 Å². The van der Waals surface area contributed by atoms with Gasteiger partial charge in [0.25, 0.3) is 5.56 Å². The molecule has 0 N–H and O–H groups in total. The highest BCUT2D eigenvalue weighted by atomic mass is 16.5. The zero-order valence-corrected chi connectivity index (χ0v) is 17.8. The minimum absolute atomic E-state index is 0.0887. The molecule has 4 rings (SSSR count). The van der Waals surface area contributed by atoms with Gasteiger partial charge in [0.05, 0.1) is 12.8 Å². The Hall–Kier alpha value is -3.61. The Morgan fingerprint density at radius 3 is 2.26 bits per heavy atom. The standard InChI is InChI=1S/C24H26N4O3/c1-18(24(30)27-16-14-26(15-17-27)20-6-4-3-5-7-20)28-23(29)13-12-22(25-28)19-8-10-21(31-2)11-9-19/h3-13,18H,14-17H2,1-2H3. The highest BCUT2D eigenvalue weighted by Crippen LogP contribution is 2.21. The van der Waals surface area contributed by atoms with Gasteiger partial charge in [-0.2, -0.15) is 5.10 Å². The SMILES string of the molecule is COc1ccc(-c2ccc(=O)n(C(C)C(=O)N3CCN(c4ccccc4)CC3)n2)cc1. The van der Waals surface area contributed by atoms with E-state index in [2.05, 4.69) is 22.1 Å². The van der Waals surface area contributed by atoms with Crippen LogP contribution in [0.15, 0.2) is 71.5 Å². The lowest BCUT2D eigenvalue weighted by atomic mass is 10.1. The highest BCUT2D eigenvalue weighted by Gasteiger charge is 2.27. The zero-order valence-electron chi connectivity index (χ0n) is 17.8. The molecule has 31 heavy (non-hydrogen) atoms. The molecule has 1 fully saturated rings. The summed E-state index contributed by atoms with van der Waals surface area (Å²) in [7, 11) is 1.61. The summed E-state index contributed by atoms with van der Waals surface area (Å²) >= 11 is 0. The van der Waals surface area contributed by atoms with Crippen molar-refractivity contribution in [1.82, 2.24) is 14.7 Å². The molecule has 0 aliphatic carbocycles. The third kappa shape index (κ3) is 4.45. The van der Waals surface area contributed by atoms with Crippen LogP contribution in [-0.2, 0) is 4.79 Å². The molecule has 7 heteroatoms. The quantitative estimate of drug-likeness (QED) is 0.637. The number of amides is 1. The lowest BCUT2D eigenvalue weighted by Gasteiger charge is -2.37. The molecule has 2 aromatic carbocycles. The van der Waals surface area contributed by atoms with Crippen molar-refractivity contribution in [3.8, 4) is 17.0 Å². The molecular weight excluding hydrogens is 392 g/mol. The molecule has 160 valence electrons. The molecule has 0 radical (unpaired) electrons. The number of benzene rings is 2. The number of piperazine rings is 1. The Morgan fingerprint density at radius 2 is 1.61 bits per heavy atom. The van der Waals surface area contributed by atoms with E-state index < -0.39 is 6.04 Å². The Balaban J connectivity index is 1.48. The molecule has 7 nitrogen and oxygen atoms in total. The molecule has 1 unspecified atom stereocenters. The molecule has 1 saturated heterocycles. The van der Waals surface area contributed by atoms with E-state index in [0.717, 1.165) is 30.1 Å². The van der Waals surface area contributed by atoms with Gasteiger partial charge in [0.2, 0.25) is 5.91 Å². The Kier molecular flexibility index (Phi) is 6.02. The van der Waals surface area contributed by atoms with E-state index >= 15 is 0 Å². The normalized spacial score (nSPS) is 14.9. The fourth-order valence-corrected chi connectivity index (χ4v) is 3.81. The van der Waals surface area contributed by atoms with Gasteiger partial charge < -0.3 is 14.5 Å². The first-order valence-corrected chi connectivity index (χ1v) is 10.4. The van der Waals surface area contributed by atoms with Gasteiger partial charge in [-0.05, 0) is 49.4 Å². The maximum absolute atomic E-state index is 13.1. The van der Waals surface area contributed by atoms with E-state index in [4.69, 9.17) is 4.74 Å². The van der Waals surface area contributed by atoms with Crippen molar-refractivity contribution in [2.24, 2.45) is 0 Å². The van der Waals surface area contributed by atoms with Crippen LogP contribution >= 0.6 is 0 Å². The lowest BCUT2D eigenvalue weighted by Crippen LogP contribution is -2.51. The summed E-state index contributed by atoms with van der Waals surface area (Å²) in [4.78, 5) is 29.7. The minimum atomic E-state index is -0.672. The first kappa shape index (κ1) is 20.7. The monoisotopic (exact) mass is 418 g/mol. The lowest BCUT2D eigenvalue weighted by molar-refractivity contribution is -0.135. The van der Waals surface area contributed by atoms with Gasteiger partial charge >= 0.3 is 0 Å². The van der Waals surface area contributed by atoms with Crippen molar-refractivity contribution in [2.45, 2.75) is 13.0 Å². The summed E-state index contributed by atoms with van der Waals surface area (Å²) in [5.74, 6) is 0.657. The molecular formula is C24H26N4O3. The molecule has 2 heterocycles. The average molecular weight is 418 g/mol. The van der Waals surface area contributed by atoms with Gasteiger partial charge in [-0.25, -0.2) is 4.68 Å². The van der Waals surface area contributed by atoms with E-state index in [9.17, 15) is 9.59 Å². The van der Waals surface area contributed by atoms with Gasteiger partial charge in [0.1, 0.15) is 11.8 Å². The second kappa shape index (κ2) is 9.04. The van der Waals surface area contributed by atoms with Gasteiger partial charge in [-0.3, -0.25) is 9.59 Å². The van der Waals surface area contributed by atoms with Crippen molar-refractivity contribution in [2.75, 3.05) is 38.2 Å². The van der Waals surface area contributed by atoms with Crippen molar-refractivity contribution >= 4 is 11.6 Å². The molecule has 0 saturated carbocycles. The predicted octanol–water partition coefficient (Wildman–Crippen LogP) is 2.83. The molecule has 1 aromatic heterocycles. The van der Waals surface area contributed by atoms with E-state index in [1.807, 2.05) is 47.4 Å². The minimum Gasteiger partial charge on any atom is -0.497 e. The summed E-state index contributed by atoms with van der Waals surface area (Å²) in [6, 6.07) is 20.1. The zero-order chi connectivity index (χ0) is 21.8. The van der Waals surface area contributed by atoms with E-state index in [1.54, 1.807) is 20.1 Å². The molecule has 1 atom stereocenters. The van der Waals surface area contributed by atoms with Crippen LogP contribution in [0.2, 0.25) is 0 Å². The number of ether oxygens (including phenoxy) is 1. The number of anilines is 1. The number of rotatable bonds is 5. The first-order chi connectivity index (χ1) is 15.1. The smallest absolute Gasteiger partial charge is 0.267 e. The van der Waals surface area contributed by atoms with Gasteiger partial charge in [-0.1, -0.05) is 18.2 Å². The molecule has 3 aromatic rings. The van der Waals surface area contributed by atoms with Crippen LogP contribution in [0.1, 0.15) is 13.0 Å². The number of hydrogen-bond acceptors (Lipinski definition) is 5. The van der Waals surface area contributed by atoms with Crippen molar-refractivity contribution in [3.63, 3.8) is 0 Å². The number of aromatic nitrogens is 2. The van der Waals surface area contributed by atoms with Crippen LogP contribution in [0.3, 0.4) is 0 Å². The number of carbonyl (C=O) groups excluding carboxylic acids is 1. The van der Waals surface area contributed by atoms with Crippen molar-refractivity contribution in [3.05, 3.63) is 77.1 Å². The number of methoxy groups -OCH3 is 1. The Bertz CT molecular complexity index is 1090. The number of nitrogens with zero attached hydrogens (tertiary/aromatic N) is 4. The largest absolute Gasteiger partial charge is 0.497 e. The number of para-hydroxylation sites is 1. The maximum atomic E-state index is 13.1. The summed E-state index contributed by atoms with van der Waals surface area (Å²) in [5, 5.41) is 4.48. The number of hydrogen-bond donors (Lipinski definition) is 0. The second-order valence-corrected chi connectivity index (χ2v) is 7.55. The van der Waals surface area contributed by atoms with Crippen LogP contribution < -0.4 is 15.2 Å². The fraction of sp³-hybridized carbons (Fsp3) is 0.292. The highest BCUT2D eigenvalue weighted by molar-refractivity contribution is 5.80. The number of carbonyl (C=O) groups is 1. The van der Waals surface area contributed by atoms with Crippen molar-refractivity contribution < 1.29 is 9.53 Å². The van der Waals surface area contributed by atoms with Crippen LogP contribution in [0.5, 0.6) is 5.75 Å². The topological polar surface area (TPSA) is 67.7 Å². The summed E-state index contributed by atoms with van der Waals surface area (Å²) in [5.41, 5.74) is 2.36. The van der Waals surface area contributed by atoms with Crippen LogP contribution in [0.25, 0.3) is 11.3 Å². The second-order valence-electron chi connectivity index (χ2n) is 7.55. The summed E-state index contributed by atoms with van der Waals surface area (Å²) in [6.45, 7) is 4.49. The molecule has 0 bridgehead atoms. The van der Waals surface area contributed by atoms with Gasteiger partial charge in [-0.15, -0.1) is 0 Å². The van der Waals surface area contributed by atoms with Gasteiger partial charge in [0, 0.05) is 43.5 Å². The Labute approximate surface area is 181 Å². The summed E-state index contributed by atoms with van der Waals surface area (Å²) in [6.07, 6.45) is 0. The molecule has 0 spiro atoms. The molecule has 1 amide bonds. The maximum Gasteiger partial charge on any atom is 0.267 e. The average Bonchev–Trinajstić information content (AvgIpc) is 2.84. The first-order valence-electron chi connectivity index (χ1n) is 10.4.